The molecule has 0 aliphatic rings. The molecule has 0 radical (unpaired) electrons. The highest BCUT2D eigenvalue weighted by Gasteiger charge is 2.17. The van der Waals surface area contributed by atoms with E-state index < -0.39 is 0 Å². The van der Waals surface area contributed by atoms with E-state index in [1.54, 1.807) is 0 Å². The number of nitrogens with zero attached hydrogens (tertiary/aromatic N) is 1. The van der Waals surface area contributed by atoms with Crippen molar-refractivity contribution in [2.24, 2.45) is 5.92 Å². The third-order valence-electron chi connectivity index (χ3n) is 3.15. The van der Waals surface area contributed by atoms with Gasteiger partial charge in [0, 0.05) is 6.54 Å². The van der Waals surface area contributed by atoms with Gasteiger partial charge in [0.15, 0.2) is 0 Å². The van der Waals surface area contributed by atoms with Gasteiger partial charge < -0.3 is 9.64 Å². The summed E-state index contributed by atoms with van der Waals surface area (Å²) < 4.78 is 5.36. The summed E-state index contributed by atoms with van der Waals surface area (Å²) in [6, 6.07) is 0. The maximum Gasteiger partial charge on any atom is 0.308 e. The van der Waals surface area contributed by atoms with Gasteiger partial charge in [0.1, 0.15) is 6.61 Å². The van der Waals surface area contributed by atoms with Crippen LogP contribution in [-0.4, -0.2) is 37.1 Å². The first-order valence-corrected chi connectivity index (χ1v) is 7.08. The molecule has 0 spiro atoms. The summed E-state index contributed by atoms with van der Waals surface area (Å²) in [5.74, 6) is 0.113. The molecule has 3 heteroatoms. The summed E-state index contributed by atoms with van der Waals surface area (Å²) in [7, 11) is 0. The third kappa shape index (κ3) is 7.37. The summed E-state index contributed by atoms with van der Waals surface area (Å²) in [6.07, 6.45) is 4.02. The zero-order valence-corrected chi connectivity index (χ0v) is 12.0. The quantitative estimate of drug-likeness (QED) is 0.552. The number of rotatable bonds is 10. The number of ether oxygens (including phenoxy) is 1. The standard InChI is InChI=1S/C14H29NO2/c1-5-9-13(10-6-2)14(16)17-12-11-15(7-3)8-4/h13H,5-12H2,1-4H3. The second kappa shape index (κ2) is 10.6. The summed E-state index contributed by atoms with van der Waals surface area (Å²) in [5.41, 5.74) is 0. The van der Waals surface area contributed by atoms with Crippen LogP contribution in [0.1, 0.15) is 53.4 Å². The first-order chi connectivity index (χ1) is 8.19. The number of carbonyl (C=O) groups is 1. The molecule has 3 nitrogen and oxygen atoms in total. The molecule has 0 bridgehead atoms. The van der Waals surface area contributed by atoms with Crippen molar-refractivity contribution >= 4 is 5.97 Å². The number of esters is 1. The molecule has 0 aliphatic carbocycles. The molecular weight excluding hydrogens is 214 g/mol. The molecule has 0 unspecified atom stereocenters. The van der Waals surface area contributed by atoms with Gasteiger partial charge in [-0.1, -0.05) is 40.5 Å². The lowest BCUT2D eigenvalue weighted by Gasteiger charge is -2.19. The molecule has 17 heavy (non-hydrogen) atoms. The molecule has 0 atom stereocenters. The molecule has 0 heterocycles. The van der Waals surface area contributed by atoms with Crippen LogP contribution >= 0.6 is 0 Å². The lowest BCUT2D eigenvalue weighted by atomic mass is 9.99. The number of hydrogen-bond acceptors (Lipinski definition) is 3. The average Bonchev–Trinajstić information content (AvgIpc) is 2.34. The molecule has 0 amide bonds. The minimum absolute atomic E-state index is 0.000793. The van der Waals surface area contributed by atoms with Crippen molar-refractivity contribution in [1.82, 2.24) is 4.90 Å². The van der Waals surface area contributed by atoms with Crippen LogP contribution in [0.25, 0.3) is 0 Å². The molecular formula is C14H29NO2. The van der Waals surface area contributed by atoms with Gasteiger partial charge in [-0.05, 0) is 25.9 Å². The normalized spacial score (nSPS) is 11.2. The first-order valence-electron chi connectivity index (χ1n) is 7.08. The Kier molecular flexibility index (Phi) is 10.2. The van der Waals surface area contributed by atoms with E-state index in [0.29, 0.717) is 6.61 Å². The molecule has 0 aliphatic heterocycles. The monoisotopic (exact) mass is 243 g/mol. The van der Waals surface area contributed by atoms with Gasteiger partial charge in [0.25, 0.3) is 0 Å². The van der Waals surface area contributed by atoms with Crippen LogP contribution < -0.4 is 0 Å². The van der Waals surface area contributed by atoms with E-state index in [9.17, 15) is 4.79 Å². The zero-order chi connectivity index (χ0) is 13.1. The van der Waals surface area contributed by atoms with Crippen molar-refractivity contribution in [1.29, 1.82) is 0 Å². The van der Waals surface area contributed by atoms with E-state index >= 15 is 0 Å². The van der Waals surface area contributed by atoms with Crippen molar-refractivity contribution in [3.63, 3.8) is 0 Å². The molecule has 102 valence electrons. The van der Waals surface area contributed by atoms with Crippen molar-refractivity contribution in [3.8, 4) is 0 Å². The first kappa shape index (κ1) is 16.4. The molecule has 0 saturated heterocycles. The van der Waals surface area contributed by atoms with Crippen LogP contribution in [0, 0.1) is 5.92 Å². The minimum Gasteiger partial charge on any atom is -0.464 e. The Hall–Kier alpha value is -0.570. The Morgan fingerprint density at radius 3 is 2.00 bits per heavy atom. The van der Waals surface area contributed by atoms with E-state index in [2.05, 4.69) is 32.6 Å². The van der Waals surface area contributed by atoms with Crippen LogP contribution in [0.4, 0.5) is 0 Å². The highest BCUT2D eigenvalue weighted by atomic mass is 16.5. The SMILES string of the molecule is CCCC(CCC)C(=O)OCCN(CC)CC. The fraction of sp³-hybridized carbons (Fsp3) is 0.929. The van der Waals surface area contributed by atoms with Gasteiger partial charge in [-0.15, -0.1) is 0 Å². The Balaban J connectivity index is 3.88. The van der Waals surface area contributed by atoms with Gasteiger partial charge in [0.05, 0.1) is 5.92 Å². The van der Waals surface area contributed by atoms with Crippen LogP contribution in [-0.2, 0) is 9.53 Å². The summed E-state index contributed by atoms with van der Waals surface area (Å²) in [5, 5.41) is 0. The van der Waals surface area contributed by atoms with Crippen molar-refractivity contribution in [2.75, 3.05) is 26.2 Å². The topological polar surface area (TPSA) is 29.5 Å². The zero-order valence-electron chi connectivity index (χ0n) is 12.0. The van der Waals surface area contributed by atoms with E-state index in [0.717, 1.165) is 45.3 Å². The highest BCUT2D eigenvalue weighted by Crippen LogP contribution is 2.15. The molecule has 0 aromatic carbocycles. The predicted molar refractivity (Wildman–Crippen MR) is 72.1 cm³/mol. The lowest BCUT2D eigenvalue weighted by molar-refractivity contribution is -0.149. The minimum atomic E-state index is 0.000793. The molecule has 0 rings (SSSR count). The summed E-state index contributed by atoms with van der Waals surface area (Å²) in [6.45, 7) is 11.9. The Bertz CT molecular complexity index is 185. The number of hydrogen-bond donors (Lipinski definition) is 0. The average molecular weight is 243 g/mol. The van der Waals surface area contributed by atoms with Gasteiger partial charge in [0.2, 0.25) is 0 Å². The van der Waals surface area contributed by atoms with Crippen LogP contribution in [0.2, 0.25) is 0 Å². The molecule has 0 aromatic heterocycles. The third-order valence-corrected chi connectivity index (χ3v) is 3.15. The second-order valence-electron chi connectivity index (χ2n) is 4.47. The highest BCUT2D eigenvalue weighted by molar-refractivity contribution is 5.72. The van der Waals surface area contributed by atoms with E-state index in [1.807, 2.05) is 0 Å². The van der Waals surface area contributed by atoms with Crippen LogP contribution in [0.5, 0.6) is 0 Å². The van der Waals surface area contributed by atoms with E-state index in [-0.39, 0.29) is 11.9 Å². The van der Waals surface area contributed by atoms with Gasteiger partial charge >= 0.3 is 5.97 Å². The van der Waals surface area contributed by atoms with Gasteiger partial charge in [-0.2, -0.15) is 0 Å². The number of carbonyl (C=O) groups excluding carboxylic acids is 1. The molecule has 0 fully saturated rings. The van der Waals surface area contributed by atoms with Crippen LogP contribution in [0.15, 0.2) is 0 Å². The Labute approximate surface area is 107 Å². The smallest absolute Gasteiger partial charge is 0.308 e. The van der Waals surface area contributed by atoms with Crippen LogP contribution in [0.3, 0.4) is 0 Å². The Morgan fingerprint density at radius 2 is 1.59 bits per heavy atom. The van der Waals surface area contributed by atoms with Crippen molar-refractivity contribution in [3.05, 3.63) is 0 Å². The van der Waals surface area contributed by atoms with Crippen molar-refractivity contribution in [2.45, 2.75) is 53.4 Å². The van der Waals surface area contributed by atoms with Gasteiger partial charge in [-0.3, -0.25) is 4.79 Å². The van der Waals surface area contributed by atoms with E-state index in [4.69, 9.17) is 4.74 Å². The fourth-order valence-electron chi connectivity index (χ4n) is 2.01. The largest absolute Gasteiger partial charge is 0.464 e. The molecule has 0 aromatic rings. The Morgan fingerprint density at radius 1 is 1.06 bits per heavy atom. The molecule has 0 saturated carbocycles. The summed E-state index contributed by atoms with van der Waals surface area (Å²) in [4.78, 5) is 14.1. The second-order valence-corrected chi connectivity index (χ2v) is 4.47. The summed E-state index contributed by atoms with van der Waals surface area (Å²) >= 11 is 0. The van der Waals surface area contributed by atoms with Crippen molar-refractivity contribution < 1.29 is 9.53 Å². The predicted octanol–water partition coefficient (Wildman–Crippen LogP) is 3.09. The maximum atomic E-state index is 11.8. The maximum absolute atomic E-state index is 11.8. The van der Waals surface area contributed by atoms with Gasteiger partial charge in [-0.25, -0.2) is 0 Å². The fourth-order valence-corrected chi connectivity index (χ4v) is 2.01. The lowest BCUT2D eigenvalue weighted by Crippen LogP contribution is -2.29. The number of likely N-dealkylation sites (N-methyl/N-ethyl adjacent to an activating group) is 1. The molecule has 0 N–H and O–H groups in total. The van der Waals surface area contributed by atoms with E-state index in [1.165, 1.54) is 0 Å².